The van der Waals surface area contributed by atoms with Crippen LogP contribution in [-0.4, -0.2) is 26.7 Å². The van der Waals surface area contributed by atoms with Crippen LogP contribution in [0.4, 0.5) is 0 Å². The third-order valence-corrected chi connectivity index (χ3v) is 5.61. The number of hydrogen-bond acceptors (Lipinski definition) is 4. The molecule has 4 aromatic rings. The van der Waals surface area contributed by atoms with Crippen molar-refractivity contribution in [3.8, 4) is 17.1 Å². The van der Waals surface area contributed by atoms with E-state index in [0.29, 0.717) is 0 Å². The number of aryl methyl sites for hydroxylation is 2. The van der Waals surface area contributed by atoms with Gasteiger partial charge in [-0.15, -0.1) is 0 Å². The maximum atomic E-state index is 5.25. The summed E-state index contributed by atoms with van der Waals surface area (Å²) in [6.07, 6.45) is 1.95. The second kappa shape index (κ2) is 8.78. The maximum Gasteiger partial charge on any atom is 0.119 e. The summed E-state index contributed by atoms with van der Waals surface area (Å²) in [4.78, 5) is 0. The third kappa shape index (κ3) is 4.39. The lowest BCUT2D eigenvalue weighted by molar-refractivity contribution is 0.414. The van der Waals surface area contributed by atoms with Gasteiger partial charge in [0.05, 0.1) is 30.4 Å². The fraction of sp³-hybridized carbons (Fsp3) is 0.280. The van der Waals surface area contributed by atoms with Gasteiger partial charge in [0, 0.05) is 29.5 Å². The number of hydrogen-bond donors (Lipinski definition) is 1. The van der Waals surface area contributed by atoms with Crippen LogP contribution in [0.1, 0.15) is 41.2 Å². The summed E-state index contributed by atoms with van der Waals surface area (Å²) in [6.45, 7) is 9.14. The molecule has 31 heavy (non-hydrogen) atoms. The Morgan fingerprint density at radius 1 is 0.968 bits per heavy atom. The Hall–Kier alpha value is -3.38. The molecule has 6 nitrogen and oxygen atoms in total. The van der Waals surface area contributed by atoms with Crippen molar-refractivity contribution in [1.82, 2.24) is 24.9 Å². The predicted molar refractivity (Wildman–Crippen MR) is 123 cm³/mol. The Kier molecular flexibility index (Phi) is 5.91. The zero-order chi connectivity index (χ0) is 22.0. The van der Waals surface area contributed by atoms with Crippen molar-refractivity contribution in [3.05, 3.63) is 89.0 Å². The van der Waals surface area contributed by atoms with Gasteiger partial charge < -0.3 is 10.1 Å². The molecule has 0 spiro atoms. The number of benzene rings is 2. The Bertz CT molecular complexity index is 1170. The zero-order valence-corrected chi connectivity index (χ0v) is 18.8. The minimum atomic E-state index is 0.171. The van der Waals surface area contributed by atoms with Gasteiger partial charge in [0.25, 0.3) is 0 Å². The summed E-state index contributed by atoms with van der Waals surface area (Å²) in [5, 5.41) is 12.8. The van der Waals surface area contributed by atoms with Crippen molar-refractivity contribution in [1.29, 1.82) is 0 Å². The van der Waals surface area contributed by atoms with Crippen LogP contribution in [0.25, 0.3) is 11.4 Å². The Labute approximate surface area is 183 Å². The molecule has 0 fully saturated rings. The fourth-order valence-corrected chi connectivity index (χ4v) is 3.90. The molecule has 2 aromatic carbocycles. The number of nitrogens with zero attached hydrogens (tertiary/aromatic N) is 4. The molecule has 0 saturated carbocycles. The highest BCUT2D eigenvalue weighted by molar-refractivity contribution is 5.40. The molecule has 4 rings (SSSR count). The van der Waals surface area contributed by atoms with Crippen molar-refractivity contribution < 1.29 is 4.74 Å². The van der Waals surface area contributed by atoms with E-state index in [2.05, 4.69) is 66.6 Å². The van der Waals surface area contributed by atoms with Crippen LogP contribution in [0.3, 0.4) is 0 Å². The van der Waals surface area contributed by atoms with Crippen LogP contribution >= 0.6 is 0 Å². The SMILES string of the molecule is COc1ccc(-n2ncc([C@@H](C)NCc3cccc(-n4nc(C)cc4C)c3)c2C)cc1. The van der Waals surface area contributed by atoms with E-state index < -0.39 is 0 Å². The quantitative estimate of drug-likeness (QED) is 0.469. The van der Waals surface area contributed by atoms with Crippen LogP contribution in [0.5, 0.6) is 5.75 Å². The van der Waals surface area contributed by atoms with E-state index in [0.717, 1.165) is 40.8 Å². The number of methoxy groups -OCH3 is 1. The van der Waals surface area contributed by atoms with E-state index >= 15 is 0 Å². The summed E-state index contributed by atoms with van der Waals surface area (Å²) in [5.74, 6) is 0.839. The molecule has 0 radical (unpaired) electrons. The molecule has 0 bridgehead atoms. The molecule has 2 heterocycles. The van der Waals surface area contributed by atoms with Crippen LogP contribution in [-0.2, 0) is 6.54 Å². The van der Waals surface area contributed by atoms with Crippen molar-refractivity contribution in [2.45, 2.75) is 40.3 Å². The van der Waals surface area contributed by atoms with Crippen molar-refractivity contribution >= 4 is 0 Å². The summed E-state index contributed by atoms with van der Waals surface area (Å²) in [6, 6.07) is 18.7. The second-order valence-electron chi connectivity index (χ2n) is 7.91. The lowest BCUT2D eigenvalue weighted by Crippen LogP contribution is -2.19. The second-order valence-corrected chi connectivity index (χ2v) is 7.91. The number of aromatic nitrogens is 4. The summed E-state index contributed by atoms with van der Waals surface area (Å²) < 4.78 is 9.21. The largest absolute Gasteiger partial charge is 0.497 e. The van der Waals surface area contributed by atoms with Gasteiger partial charge in [0.1, 0.15) is 5.75 Å². The summed E-state index contributed by atoms with van der Waals surface area (Å²) >= 11 is 0. The van der Waals surface area contributed by atoms with E-state index in [1.54, 1.807) is 7.11 Å². The first kappa shape index (κ1) is 20.9. The highest BCUT2D eigenvalue weighted by Gasteiger charge is 2.14. The van der Waals surface area contributed by atoms with E-state index in [-0.39, 0.29) is 6.04 Å². The average Bonchev–Trinajstić information content (AvgIpc) is 3.33. The molecule has 0 amide bonds. The van der Waals surface area contributed by atoms with Gasteiger partial charge in [-0.25, -0.2) is 9.36 Å². The minimum Gasteiger partial charge on any atom is -0.497 e. The first-order valence-corrected chi connectivity index (χ1v) is 10.5. The van der Waals surface area contributed by atoms with Gasteiger partial charge in [-0.3, -0.25) is 0 Å². The van der Waals surface area contributed by atoms with Crippen LogP contribution in [0.2, 0.25) is 0 Å². The molecule has 0 aliphatic heterocycles. The van der Waals surface area contributed by atoms with Gasteiger partial charge in [-0.1, -0.05) is 12.1 Å². The third-order valence-electron chi connectivity index (χ3n) is 5.61. The summed E-state index contributed by atoms with van der Waals surface area (Å²) in [5.41, 5.74) is 7.80. The van der Waals surface area contributed by atoms with Gasteiger partial charge >= 0.3 is 0 Å². The Morgan fingerprint density at radius 2 is 1.74 bits per heavy atom. The molecule has 6 heteroatoms. The van der Waals surface area contributed by atoms with Gasteiger partial charge in [0.15, 0.2) is 0 Å². The van der Waals surface area contributed by atoms with E-state index in [4.69, 9.17) is 4.74 Å². The first-order chi connectivity index (χ1) is 15.0. The number of nitrogens with one attached hydrogen (secondary N) is 1. The highest BCUT2D eigenvalue weighted by atomic mass is 16.5. The lowest BCUT2D eigenvalue weighted by atomic mass is 10.1. The number of ether oxygens (including phenoxy) is 1. The Morgan fingerprint density at radius 3 is 2.42 bits per heavy atom. The smallest absolute Gasteiger partial charge is 0.119 e. The summed E-state index contributed by atoms with van der Waals surface area (Å²) in [7, 11) is 1.67. The normalized spacial score (nSPS) is 12.2. The van der Waals surface area contributed by atoms with Crippen molar-refractivity contribution in [3.63, 3.8) is 0 Å². The molecule has 1 atom stereocenters. The van der Waals surface area contributed by atoms with Crippen LogP contribution in [0, 0.1) is 20.8 Å². The van der Waals surface area contributed by atoms with Gasteiger partial charge in [-0.05, 0) is 75.7 Å². The topological polar surface area (TPSA) is 56.9 Å². The molecule has 160 valence electrons. The minimum absolute atomic E-state index is 0.171. The molecule has 1 N–H and O–H groups in total. The molecule has 0 saturated heterocycles. The van der Waals surface area contributed by atoms with Crippen molar-refractivity contribution in [2.75, 3.05) is 7.11 Å². The fourth-order valence-electron chi connectivity index (χ4n) is 3.90. The maximum absolute atomic E-state index is 5.25. The zero-order valence-electron chi connectivity index (χ0n) is 18.8. The molecular formula is C25H29N5O. The van der Waals surface area contributed by atoms with E-state index in [9.17, 15) is 0 Å². The molecular weight excluding hydrogens is 386 g/mol. The predicted octanol–water partition coefficient (Wildman–Crippen LogP) is 4.84. The lowest BCUT2D eigenvalue weighted by Gasteiger charge is -2.15. The van der Waals surface area contributed by atoms with Crippen molar-refractivity contribution in [2.24, 2.45) is 0 Å². The molecule has 0 unspecified atom stereocenters. The van der Waals surface area contributed by atoms with E-state index in [1.165, 1.54) is 11.1 Å². The highest BCUT2D eigenvalue weighted by Crippen LogP contribution is 2.22. The molecule has 0 aliphatic carbocycles. The van der Waals surface area contributed by atoms with Gasteiger partial charge in [-0.2, -0.15) is 10.2 Å². The monoisotopic (exact) mass is 415 g/mol. The standard InChI is InChI=1S/C25H29N5O/c1-17-13-18(2)29(28-17)23-8-6-7-21(14-23)15-26-19(3)25-16-27-30(20(25)4)22-9-11-24(31-5)12-10-22/h6-14,16,19,26H,15H2,1-5H3/t19-/m1/s1. The molecule has 0 aliphatic rings. The average molecular weight is 416 g/mol. The molecule has 2 aromatic heterocycles. The van der Waals surface area contributed by atoms with Crippen LogP contribution in [0.15, 0.2) is 60.8 Å². The van der Waals surface area contributed by atoms with Crippen LogP contribution < -0.4 is 10.1 Å². The van der Waals surface area contributed by atoms with Gasteiger partial charge in [0.2, 0.25) is 0 Å². The number of rotatable bonds is 7. The first-order valence-electron chi connectivity index (χ1n) is 10.5. The van der Waals surface area contributed by atoms with E-state index in [1.807, 2.05) is 46.7 Å². The Balaban J connectivity index is 1.47.